The Morgan fingerprint density at radius 1 is 1.25 bits per heavy atom. The van der Waals surface area contributed by atoms with Gasteiger partial charge in [-0.15, -0.1) is 0 Å². The number of nitriles is 1. The smallest absolute Gasteiger partial charge is 0.191 e. The topological polar surface area (TPSA) is 111 Å². The molecule has 0 spiro atoms. The summed E-state index contributed by atoms with van der Waals surface area (Å²) < 4.78 is 5.16. The van der Waals surface area contributed by atoms with E-state index in [1.807, 2.05) is 12.1 Å². The molecule has 4 N–H and O–H groups in total. The number of hydrogen-bond donors (Lipinski definition) is 2. The number of rotatable bonds is 4. The normalized spacial score (nSPS) is 10.0. The molecule has 20 heavy (non-hydrogen) atoms. The lowest BCUT2D eigenvalue weighted by molar-refractivity contribution is 0.413. The summed E-state index contributed by atoms with van der Waals surface area (Å²) in [5.41, 5.74) is 12.7. The molecule has 0 aliphatic heterocycles. The lowest BCUT2D eigenvalue weighted by Gasteiger charge is -2.06. The zero-order chi connectivity index (χ0) is 14.5. The summed E-state index contributed by atoms with van der Waals surface area (Å²) in [5.74, 6) is 1.87. The fourth-order valence-electron chi connectivity index (χ4n) is 1.59. The molecule has 0 fully saturated rings. The van der Waals surface area contributed by atoms with Gasteiger partial charge in [0, 0.05) is 11.8 Å². The maximum atomic E-state index is 8.93. The lowest BCUT2D eigenvalue weighted by atomic mass is 10.1. The second kappa shape index (κ2) is 6.12. The van der Waals surface area contributed by atoms with E-state index in [9.17, 15) is 0 Å². The number of hydrogen-bond acceptors (Lipinski definition) is 7. The first-order chi connectivity index (χ1) is 9.62. The van der Waals surface area contributed by atoms with Crippen molar-refractivity contribution in [3.05, 3.63) is 35.4 Å². The molecule has 0 unspecified atom stereocenters. The molecule has 0 amide bonds. The number of methoxy groups -OCH3 is 1. The summed E-state index contributed by atoms with van der Waals surface area (Å²) >= 11 is 1.41. The largest absolute Gasteiger partial charge is 0.495 e. The molecular formula is C13H13N5OS. The second-order valence-electron chi connectivity index (χ2n) is 3.94. The lowest BCUT2D eigenvalue weighted by Crippen LogP contribution is -1.99. The Hall–Kier alpha value is -2.46. The highest BCUT2D eigenvalue weighted by Gasteiger charge is 2.06. The van der Waals surface area contributed by atoms with Crippen LogP contribution >= 0.6 is 11.8 Å². The summed E-state index contributed by atoms with van der Waals surface area (Å²) in [6.45, 7) is 0. The third kappa shape index (κ3) is 3.30. The van der Waals surface area contributed by atoms with Gasteiger partial charge in [0.1, 0.15) is 23.5 Å². The monoisotopic (exact) mass is 287 g/mol. The number of benzene rings is 1. The average Bonchev–Trinajstić information content (AvgIpc) is 2.43. The van der Waals surface area contributed by atoms with Crippen LogP contribution in [0.4, 0.5) is 11.6 Å². The molecule has 2 rings (SSSR count). The summed E-state index contributed by atoms with van der Waals surface area (Å²) in [4.78, 5) is 8.18. The van der Waals surface area contributed by atoms with Crippen LogP contribution in [-0.2, 0) is 5.75 Å². The van der Waals surface area contributed by atoms with Crippen molar-refractivity contribution in [3.63, 3.8) is 0 Å². The van der Waals surface area contributed by atoms with Gasteiger partial charge in [-0.3, -0.25) is 0 Å². The van der Waals surface area contributed by atoms with Crippen LogP contribution in [0.5, 0.6) is 5.75 Å². The van der Waals surface area contributed by atoms with Crippen molar-refractivity contribution in [2.24, 2.45) is 0 Å². The summed E-state index contributed by atoms with van der Waals surface area (Å²) in [7, 11) is 1.54. The molecule has 0 bridgehead atoms. The fourth-order valence-corrected chi connectivity index (χ4v) is 2.41. The van der Waals surface area contributed by atoms with Gasteiger partial charge in [-0.2, -0.15) is 5.26 Å². The first-order valence-corrected chi connectivity index (χ1v) is 6.71. The van der Waals surface area contributed by atoms with Crippen LogP contribution in [0, 0.1) is 11.3 Å². The van der Waals surface area contributed by atoms with Gasteiger partial charge in [0.25, 0.3) is 0 Å². The van der Waals surface area contributed by atoms with Crippen molar-refractivity contribution >= 4 is 23.4 Å². The van der Waals surface area contributed by atoms with E-state index >= 15 is 0 Å². The molecule has 1 aromatic heterocycles. The van der Waals surface area contributed by atoms with E-state index in [0.717, 1.165) is 5.56 Å². The van der Waals surface area contributed by atoms with Crippen molar-refractivity contribution in [2.45, 2.75) is 10.9 Å². The maximum absolute atomic E-state index is 8.93. The van der Waals surface area contributed by atoms with Crippen LogP contribution in [0.2, 0.25) is 0 Å². The number of nitrogen functional groups attached to an aromatic ring is 2. The fraction of sp³-hybridized carbons (Fsp3) is 0.154. The zero-order valence-electron chi connectivity index (χ0n) is 10.8. The summed E-state index contributed by atoms with van der Waals surface area (Å²) in [6.07, 6.45) is 0. The Labute approximate surface area is 120 Å². The third-order valence-electron chi connectivity index (χ3n) is 2.50. The van der Waals surface area contributed by atoms with Crippen LogP contribution in [-0.4, -0.2) is 17.1 Å². The minimum Gasteiger partial charge on any atom is -0.495 e. The van der Waals surface area contributed by atoms with Gasteiger partial charge in [-0.25, -0.2) is 9.97 Å². The van der Waals surface area contributed by atoms with Crippen molar-refractivity contribution in [3.8, 4) is 11.8 Å². The molecule has 102 valence electrons. The molecule has 0 saturated carbocycles. The first-order valence-electron chi connectivity index (χ1n) is 5.72. The SMILES string of the molecule is COc1cc(CSc2nc(N)cc(N)n2)ccc1C#N. The van der Waals surface area contributed by atoms with Crippen molar-refractivity contribution in [1.29, 1.82) is 5.26 Å². The summed E-state index contributed by atoms with van der Waals surface area (Å²) in [5, 5.41) is 9.45. The molecule has 0 radical (unpaired) electrons. The Bertz CT molecular complexity index is 648. The van der Waals surface area contributed by atoms with E-state index in [0.29, 0.717) is 33.9 Å². The standard InChI is InChI=1S/C13H13N5OS/c1-19-10-4-8(2-3-9(10)6-14)7-20-13-17-11(15)5-12(16)18-13/h2-5H,7H2,1H3,(H4,15,16,17,18). The van der Waals surface area contributed by atoms with Crippen molar-refractivity contribution in [1.82, 2.24) is 9.97 Å². The van der Waals surface area contributed by atoms with Gasteiger partial charge in [0.2, 0.25) is 0 Å². The van der Waals surface area contributed by atoms with Crippen LogP contribution in [0.25, 0.3) is 0 Å². The van der Waals surface area contributed by atoms with Gasteiger partial charge in [0.05, 0.1) is 12.7 Å². The molecule has 1 aromatic carbocycles. The number of aromatic nitrogens is 2. The molecule has 0 aliphatic rings. The van der Waals surface area contributed by atoms with E-state index in [4.69, 9.17) is 21.5 Å². The Kier molecular flexibility index (Phi) is 4.27. The molecule has 1 heterocycles. The number of nitrogens with two attached hydrogens (primary N) is 2. The number of nitrogens with zero attached hydrogens (tertiary/aromatic N) is 3. The minimum atomic E-state index is 0.345. The molecule has 6 nitrogen and oxygen atoms in total. The molecule has 7 heteroatoms. The van der Waals surface area contributed by atoms with Gasteiger partial charge in [0.15, 0.2) is 5.16 Å². The van der Waals surface area contributed by atoms with Crippen LogP contribution < -0.4 is 16.2 Å². The third-order valence-corrected chi connectivity index (χ3v) is 3.42. The molecule has 0 aliphatic carbocycles. The first kappa shape index (κ1) is 14.0. The maximum Gasteiger partial charge on any atom is 0.191 e. The zero-order valence-corrected chi connectivity index (χ0v) is 11.6. The number of anilines is 2. The van der Waals surface area contributed by atoms with Gasteiger partial charge < -0.3 is 16.2 Å². The Morgan fingerprint density at radius 2 is 1.95 bits per heavy atom. The quantitative estimate of drug-likeness (QED) is 0.651. The van der Waals surface area contributed by atoms with E-state index in [2.05, 4.69) is 16.0 Å². The second-order valence-corrected chi connectivity index (χ2v) is 4.88. The minimum absolute atomic E-state index is 0.345. The summed E-state index contributed by atoms with van der Waals surface area (Å²) in [6, 6.07) is 8.99. The van der Waals surface area contributed by atoms with Crippen LogP contribution in [0.1, 0.15) is 11.1 Å². The van der Waals surface area contributed by atoms with Gasteiger partial charge in [-0.1, -0.05) is 17.8 Å². The van der Waals surface area contributed by atoms with Gasteiger partial charge in [-0.05, 0) is 17.7 Å². The molecule has 2 aromatic rings. The highest BCUT2D eigenvalue weighted by molar-refractivity contribution is 7.98. The Morgan fingerprint density at radius 3 is 2.55 bits per heavy atom. The van der Waals surface area contributed by atoms with E-state index in [1.165, 1.54) is 24.9 Å². The average molecular weight is 287 g/mol. The molecular weight excluding hydrogens is 274 g/mol. The van der Waals surface area contributed by atoms with E-state index in [1.54, 1.807) is 6.07 Å². The highest BCUT2D eigenvalue weighted by atomic mass is 32.2. The van der Waals surface area contributed by atoms with Gasteiger partial charge >= 0.3 is 0 Å². The predicted molar refractivity (Wildman–Crippen MR) is 78.1 cm³/mol. The molecule has 0 atom stereocenters. The predicted octanol–water partition coefficient (Wildman–Crippen LogP) is 1.81. The Balaban J connectivity index is 2.13. The molecule has 0 saturated heterocycles. The number of thioether (sulfide) groups is 1. The number of ether oxygens (including phenoxy) is 1. The van der Waals surface area contributed by atoms with E-state index in [-0.39, 0.29) is 0 Å². The highest BCUT2D eigenvalue weighted by Crippen LogP contribution is 2.25. The van der Waals surface area contributed by atoms with Crippen LogP contribution in [0.3, 0.4) is 0 Å². The van der Waals surface area contributed by atoms with E-state index < -0.39 is 0 Å². The van der Waals surface area contributed by atoms with Crippen LogP contribution in [0.15, 0.2) is 29.4 Å². The van der Waals surface area contributed by atoms with Crippen molar-refractivity contribution < 1.29 is 4.74 Å². The van der Waals surface area contributed by atoms with Crippen molar-refractivity contribution in [2.75, 3.05) is 18.6 Å².